The Labute approximate surface area is 113 Å². The Bertz CT molecular complexity index is 488. The van der Waals surface area contributed by atoms with Crippen molar-refractivity contribution in [1.82, 2.24) is 9.88 Å². The topological polar surface area (TPSA) is 31.8 Å². The van der Waals surface area contributed by atoms with E-state index in [0.717, 1.165) is 50.9 Å². The molecule has 0 radical (unpaired) electrons. The molecule has 5 heteroatoms. The summed E-state index contributed by atoms with van der Waals surface area (Å²) in [6.45, 7) is 6.30. The lowest BCUT2D eigenvalue weighted by molar-refractivity contribution is 0.186. The van der Waals surface area contributed by atoms with Gasteiger partial charge in [-0.2, -0.15) is 0 Å². The zero-order chi connectivity index (χ0) is 12.8. The van der Waals surface area contributed by atoms with E-state index in [2.05, 4.69) is 32.8 Å². The van der Waals surface area contributed by atoms with E-state index < -0.39 is 0 Å². The normalized spacial score (nSPS) is 26.3. The first-order valence-electron chi connectivity index (χ1n) is 7.14. The van der Waals surface area contributed by atoms with Gasteiger partial charge in [-0.25, -0.2) is 4.98 Å². The van der Waals surface area contributed by atoms with Crippen LogP contribution in [0.15, 0.2) is 12.3 Å². The SMILES string of the molecule is CN1CCN2c3ncc(N4CCC4)cc3OC[C@@H]2C1. The van der Waals surface area contributed by atoms with E-state index in [1.807, 2.05) is 6.20 Å². The van der Waals surface area contributed by atoms with Gasteiger partial charge in [-0.3, -0.25) is 0 Å². The first-order chi connectivity index (χ1) is 9.31. The minimum Gasteiger partial charge on any atom is -0.487 e. The number of pyridine rings is 1. The average molecular weight is 260 g/mol. The summed E-state index contributed by atoms with van der Waals surface area (Å²) in [4.78, 5) is 11.8. The van der Waals surface area contributed by atoms with Gasteiger partial charge in [0.2, 0.25) is 0 Å². The number of hydrogen-bond acceptors (Lipinski definition) is 5. The number of ether oxygens (including phenoxy) is 1. The predicted octanol–water partition coefficient (Wildman–Crippen LogP) is 0.804. The Hall–Kier alpha value is -1.49. The van der Waals surface area contributed by atoms with Crippen molar-refractivity contribution in [2.24, 2.45) is 0 Å². The first kappa shape index (κ1) is 11.3. The van der Waals surface area contributed by atoms with E-state index in [-0.39, 0.29) is 0 Å². The number of fused-ring (bicyclic) bond motifs is 3. The summed E-state index contributed by atoms with van der Waals surface area (Å²) in [6, 6.07) is 2.62. The summed E-state index contributed by atoms with van der Waals surface area (Å²) < 4.78 is 5.94. The van der Waals surface area contributed by atoms with E-state index in [9.17, 15) is 0 Å². The molecule has 0 amide bonds. The molecule has 0 saturated carbocycles. The van der Waals surface area contributed by atoms with Crippen LogP contribution in [-0.2, 0) is 0 Å². The molecule has 1 atom stereocenters. The van der Waals surface area contributed by atoms with Gasteiger partial charge in [0.25, 0.3) is 0 Å². The maximum absolute atomic E-state index is 5.94. The second kappa shape index (κ2) is 4.27. The molecule has 0 N–H and O–H groups in total. The number of likely N-dealkylation sites (N-methyl/N-ethyl adjacent to an activating group) is 1. The van der Waals surface area contributed by atoms with Gasteiger partial charge >= 0.3 is 0 Å². The highest BCUT2D eigenvalue weighted by Gasteiger charge is 2.33. The Balaban J connectivity index is 1.63. The van der Waals surface area contributed by atoms with E-state index in [4.69, 9.17) is 4.74 Å². The number of aromatic nitrogens is 1. The molecular weight excluding hydrogens is 240 g/mol. The van der Waals surface area contributed by atoms with Gasteiger partial charge in [-0.05, 0) is 13.5 Å². The van der Waals surface area contributed by atoms with Gasteiger partial charge in [0, 0.05) is 38.8 Å². The number of piperazine rings is 1. The van der Waals surface area contributed by atoms with Gasteiger partial charge in [0.05, 0.1) is 17.9 Å². The van der Waals surface area contributed by atoms with E-state index >= 15 is 0 Å². The molecule has 2 fully saturated rings. The monoisotopic (exact) mass is 260 g/mol. The number of anilines is 2. The van der Waals surface area contributed by atoms with Gasteiger partial charge in [0.15, 0.2) is 11.6 Å². The van der Waals surface area contributed by atoms with Crippen molar-refractivity contribution in [3.8, 4) is 5.75 Å². The van der Waals surface area contributed by atoms with Gasteiger partial charge in [0.1, 0.15) is 6.61 Å². The van der Waals surface area contributed by atoms with Crippen LogP contribution >= 0.6 is 0 Å². The fraction of sp³-hybridized carbons (Fsp3) is 0.643. The highest BCUT2D eigenvalue weighted by atomic mass is 16.5. The lowest BCUT2D eigenvalue weighted by atomic mass is 10.1. The number of rotatable bonds is 1. The lowest BCUT2D eigenvalue weighted by Crippen LogP contribution is -2.56. The molecule has 0 bridgehead atoms. The molecule has 102 valence electrons. The van der Waals surface area contributed by atoms with Crippen molar-refractivity contribution in [2.75, 3.05) is 56.2 Å². The van der Waals surface area contributed by atoms with Crippen molar-refractivity contribution < 1.29 is 4.74 Å². The average Bonchev–Trinajstić information content (AvgIpc) is 2.36. The molecular formula is C14H20N4O. The lowest BCUT2D eigenvalue weighted by Gasteiger charge is -2.44. The van der Waals surface area contributed by atoms with Crippen molar-refractivity contribution >= 4 is 11.5 Å². The fourth-order valence-electron chi connectivity index (χ4n) is 3.11. The molecule has 3 aliphatic rings. The zero-order valence-corrected chi connectivity index (χ0v) is 11.4. The molecule has 3 aliphatic heterocycles. The Kier molecular flexibility index (Phi) is 2.55. The van der Waals surface area contributed by atoms with Crippen LogP contribution in [0.25, 0.3) is 0 Å². The Morgan fingerprint density at radius 1 is 1.26 bits per heavy atom. The van der Waals surface area contributed by atoms with Crippen molar-refractivity contribution in [3.63, 3.8) is 0 Å². The quantitative estimate of drug-likeness (QED) is 0.746. The molecule has 1 aromatic rings. The van der Waals surface area contributed by atoms with Crippen molar-refractivity contribution in [2.45, 2.75) is 12.5 Å². The molecule has 1 aromatic heterocycles. The zero-order valence-electron chi connectivity index (χ0n) is 11.4. The van der Waals surface area contributed by atoms with Crippen molar-refractivity contribution in [3.05, 3.63) is 12.3 Å². The molecule has 0 aliphatic carbocycles. The maximum atomic E-state index is 5.94. The highest BCUT2D eigenvalue weighted by Crippen LogP contribution is 2.36. The number of hydrogen-bond donors (Lipinski definition) is 0. The smallest absolute Gasteiger partial charge is 0.171 e. The molecule has 0 spiro atoms. The Morgan fingerprint density at radius 3 is 2.95 bits per heavy atom. The third-order valence-electron chi connectivity index (χ3n) is 4.43. The molecule has 4 rings (SSSR count). The van der Waals surface area contributed by atoms with Crippen LogP contribution < -0.4 is 14.5 Å². The highest BCUT2D eigenvalue weighted by molar-refractivity contribution is 5.62. The third kappa shape index (κ3) is 1.84. The summed E-state index contributed by atoms with van der Waals surface area (Å²) in [5.74, 6) is 2.00. The minimum atomic E-state index is 0.452. The second-order valence-corrected chi connectivity index (χ2v) is 5.78. The van der Waals surface area contributed by atoms with Gasteiger partial charge < -0.3 is 19.4 Å². The first-order valence-corrected chi connectivity index (χ1v) is 7.14. The Morgan fingerprint density at radius 2 is 2.16 bits per heavy atom. The van der Waals surface area contributed by atoms with Crippen LogP contribution in [0.5, 0.6) is 5.75 Å². The van der Waals surface area contributed by atoms with E-state index in [0.29, 0.717) is 6.04 Å². The molecule has 2 saturated heterocycles. The predicted molar refractivity (Wildman–Crippen MR) is 75.2 cm³/mol. The van der Waals surface area contributed by atoms with Gasteiger partial charge in [-0.1, -0.05) is 0 Å². The van der Waals surface area contributed by atoms with E-state index in [1.165, 1.54) is 12.1 Å². The summed E-state index contributed by atoms with van der Waals surface area (Å²) in [7, 11) is 2.17. The summed E-state index contributed by atoms with van der Waals surface area (Å²) >= 11 is 0. The van der Waals surface area contributed by atoms with Gasteiger partial charge in [-0.15, -0.1) is 0 Å². The third-order valence-corrected chi connectivity index (χ3v) is 4.43. The fourth-order valence-corrected chi connectivity index (χ4v) is 3.11. The molecule has 5 nitrogen and oxygen atoms in total. The molecule has 0 aromatic carbocycles. The van der Waals surface area contributed by atoms with E-state index in [1.54, 1.807) is 0 Å². The minimum absolute atomic E-state index is 0.452. The summed E-state index contributed by atoms with van der Waals surface area (Å²) in [5.41, 5.74) is 1.21. The van der Waals surface area contributed by atoms with Crippen LogP contribution in [0.4, 0.5) is 11.5 Å². The largest absolute Gasteiger partial charge is 0.487 e. The van der Waals surface area contributed by atoms with Crippen LogP contribution in [0.3, 0.4) is 0 Å². The van der Waals surface area contributed by atoms with Crippen LogP contribution in [0, 0.1) is 0 Å². The summed E-state index contributed by atoms with van der Waals surface area (Å²) in [6.07, 6.45) is 3.29. The molecule has 4 heterocycles. The van der Waals surface area contributed by atoms with Crippen LogP contribution in [0.1, 0.15) is 6.42 Å². The van der Waals surface area contributed by atoms with Crippen molar-refractivity contribution in [1.29, 1.82) is 0 Å². The van der Waals surface area contributed by atoms with Crippen LogP contribution in [-0.4, -0.2) is 62.3 Å². The standard InChI is InChI=1S/C14H20N4O/c1-16-5-6-18-12(9-16)10-19-13-7-11(8-15-14(13)18)17-3-2-4-17/h7-8,12H,2-6,9-10H2,1H3/t12-/m0/s1. The maximum Gasteiger partial charge on any atom is 0.171 e. The molecule has 19 heavy (non-hydrogen) atoms. The van der Waals surface area contributed by atoms with Crippen LogP contribution in [0.2, 0.25) is 0 Å². The number of nitrogens with zero attached hydrogens (tertiary/aromatic N) is 4. The summed E-state index contributed by atoms with van der Waals surface area (Å²) in [5, 5.41) is 0. The molecule has 0 unspecified atom stereocenters. The second-order valence-electron chi connectivity index (χ2n) is 5.78.